The summed E-state index contributed by atoms with van der Waals surface area (Å²) in [4.78, 5) is 26.2. The Morgan fingerprint density at radius 1 is 1.22 bits per heavy atom. The van der Waals surface area contributed by atoms with Gasteiger partial charge in [0.1, 0.15) is 0 Å². The minimum Gasteiger partial charge on any atom is -0.302 e. The number of hydrogen-bond donors (Lipinski definition) is 1. The van der Waals surface area contributed by atoms with Gasteiger partial charge in [0.25, 0.3) is 5.56 Å². The molecule has 1 heterocycles. The summed E-state index contributed by atoms with van der Waals surface area (Å²) in [7, 11) is 0. The molecule has 5 heteroatoms. The van der Waals surface area contributed by atoms with Crippen LogP contribution in [0.2, 0.25) is 0 Å². The lowest BCUT2D eigenvalue weighted by Gasteiger charge is -2.05. The Kier molecular flexibility index (Phi) is 4.04. The molecule has 0 aliphatic carbocycles. The normalized spacial score (nSPS) is 10.5. The predicted molar refractivity (Wildman–Crippen MR) is 73.2 cm³/mol. The van der Waals surface area contributed by atoms with E-state index in [9.17, 15) is 9.59 Å². The van der Waals surface area contributed by atoms with Crippen LogP contribution in [0.4, 0.5) is 0 Å². The summed E-state index contributed by atoms with van der Waals surface area (Å²) in [5, 5.41) is 0.598. The summed E-state index contributed by atoms with van der Waals surface area (Å²) < 4.78 is 1.23. The number of H-pyrrole nitrogens is 1. The summed E-state index contributed by atoms with van der Waals surface area (Å²) >= 11 is 1.35. The maximum Gasteiger partial charge on any atom is 0.329 e. The molecule has 0 bridgehead atoms. The van der Waals surface area contributed by atoms with Gasteiger partial charge in [-0.25, -0.2) is 4.79 Å². The van der Waals surface area contributed by atoms with Gasteiger partial charge in [-0.05, 0) is 18.2 Å². The first-order chi connectivity index (χ1) is 8.70. The Labute approximate surface area is 109 Å². The van der Waals surface area contributed by atoms with Crippen LogP contribution in [0.3, 0.4) is 0 Å². The lowest BCUT2D eigenvalue weighted by Crippen LogP contribution is -2.35. The van der Waals surface area contributed by atoms with Gasteiger partial charge in [-0.15, -0.1) is 11.8 Å². The molecule has 0 unspecified atom stereocenters. The van der Waals surface area contributed by atoms with Crippen LogP contribution in [0.25, 0.3) is 0 Å². The maximum absolute atomic E-state index is 11.8. The number of aromatic nitrogens is 2. The van der Waals surface area contributed by atoms with Crippen LogP contribution in [0, 0.1) is 0 Å². The van der Waals surface area contributed by atoms with Gasteiger partial charge in [0.15, 0.2) is 0 Å². The van der Waals surface area contributed by atoms with Crippen molar-refractivity contribution in [3.63, 3.8) is 0 Å². The van der Waals surface area contributed by atoms with Crippen molar-refractivity contribution >= 4 is 11.8 Å². The summed E-state index contributed by atoms with van der Waals surface area (Å²) in [5.74, 6) is 0. The highest BCUT2D eigenvalue weighted by Crippen LogP contribution is 2.05. The van der Waals surface area contributed by atoms with Crippen molar-refractivity contribution in [2.24, 2.45) is 0 Å². The van der Waals surface area contributed by atoms with Crippen LogP contribution >= 0.6 is 11.8 Å². The highest BCUT2D eigenvalue weighted by atomic mass is 32.2. The van der Waals surface area contributed by atoms with E-state index in [2.05, 4.69) is 4.98 Å². The number of nitrogens with one attached hydrogen (secondary N) is 1. The van der Waals surface area contributed by atoms with Gasteiger partial charge < -0.3 is 4.98 Å². The molecule has 18 heavy (non-hydrogen) atoms. The topological polar surface area (TPSA) is 54.9 Å². The average molecular weight is 262 g/mol. The number of rotatable bonds is 4. The van der Waals surface area contributed by atoms with Crippen LogP contribution < -0.4 is 11.2 Å². The zero-order valence-corrected chi connectivity index (χ0v) is 10.9. The molecule has 0 spiro atoms. The molecule has 0 saturated heterocycles. The molecule has 1 aromatic heterocycles. The molecular formula is C13H14N2O2S. The maximum atomic E-state index is 11.8. The zero-order valence-electron chi connectivity index (χ0n) is 10.1. The van der Waals surface area contributed by atoms with Gasteiger partial charge in [0, 0.05) is 12.6 Å². The van der Waals surface area contributed by atoms with E-state index in [-0.39, 0.29) is 11.2 Å². The highest BCUT2D eigenvalue weighted by molar-refractivity contribution is 7.98. The van der Waals surface area contributed by atoms with E-state index in [1.165, 1.54) is 22.4 Å². The smallest absolute Gasteiger partial charge is 0.302 e. The first kappa shape index (κ1) is 12.7. The molecule has 2 aromatic rings. The molecule has 0 fully saturated rings. The third-order valence-electron chi connectivity index (χ3n) is 2.68. The first-order valence-corrected chi connectivity index (χ1v) is 6.85. The summed E-state index contributed by atoms with van der Waals surface area (Å²) in [5.41, 5.74) is 0.513. The number of benzene rings is 1. The SMILES string of the molecule is CSc1cc(=O)n(CCc2ccccc2)c(=O)[nH]1. The van der Waals surface area contributed by atoms with Crippen molar-refractivity contribution < 1.29 is 0 Å². The zero-order chi connectivity index (χ0) is 13.0. The second-order valence-electron chi connectivity index (χ2n) is 3.87. The summed E-state index contributed by atoms with van der Waals surface area (Å²) in [6.45, 7) is 0.396. The van der Waals surface area contributed by atoms with Crippen molar-refractivity contribution in [1.29, 1.82) is 0 Å². The third kappa shape index (κ3) is 2.92. The van der Waals surface area contributed by atoms with Gasteiger partial charge in [0.2, 0.25) is 0 Å². The van der Waals surface area contributed by atoms with Crippen molar-refractivity contribution in [1.82, 2.24) is 9.55 Å². The predicted octanol–water partition coefficient (Wildman–Crippen LogP) is 1.50. The van der Waals surface area contributed by atoms with E-state index in [0.717, 1.165) is 5.56 Å². The van der Waals surface area contributed by atoms with E-state index in [1.807, 2.05) is 36.6 Å². The Hall–Kier alpha value is -1.75. The third-order valence-corrected chi connectivity index (χ3v) is 3.34. The van der Waals surface area contributed by atoms with Crippen molar-refractivity contribution in [3.05, 3.63) is 62.8 Å². The highest BCUT2D eigenvalue weighted by Gasteiger charge is 2.03. The van der Waals surface area contributed by atoms with Crippen molar-refractivity contribution in [2.75, 3.05) is 6.26 Å². The van der Waals surface area contributed by atoms with E-state index in [4.69, 9.17) is 0 Å². The lowest BCUT2D eigenvalue weighted by atomic mass is 10.1. The summed E-state index contributed by atoms with van der Waals surface area (Å²) in [6.07, 6.45) is 2.49. The van der Waals surface area contributed by atoms with Crippen LogP contribution in [-0.2, 0) is 13.0 Å². The number of hydrogen-bond acceptors (Lipinski definition) is 3. The molecule has 0 radical (unpaired) electrons. The molecule has 1 N–H and O–H groups in total. The van der Waals surface area contributed by atoms with Gasteiger partial charge in [0.05, 0.1) is 5.03 Å². The average Bonchev–Trinajstić information content (AvgIpc) is 2.38. The van der Waals surface area contributed by atoms with Gasteiger partial charge in [-0.3, -0.25) is 9.36 Å². The van der Waals surface area contributed by atoms with E-state index in [1.54, 1.807) is 0 Å². The number of aryl methyl sites for hydroxylation is 1. The van der Waals surface area contributed by atoms with Gasteiger partial charge >= 0.3 is 5.69 Å². The lowest BCUT2D eigenvalue weighted by molar-refractivity contribution is 0.617. The van der Waals surface area contributed by atoms with Gasteiger partial charge in [-0.2, -0.15) is 0 Å². The van der Waals surface area contributed by atoms with Crippen LogP contribution in [-0.4, -0.2) is 15.8 Å². The van der Waals surface area contributed by atoms with E-state index < -0.39 is 0 Å². The monoisotopic (exact) mass is 262 g/mol. The van der Waals surface area contributed by atoms with Crippen LogP contribution in [0.1, 0.15) is 5.56 Å². The number of aromatic amines is 1. The summed E-state index contributed by atoms with van der Waals surface area (Å²) in [6, 6.07) is 11.2. The Balaban J connectivity index is 2.20. The molecule has 0 aliphatic rings. The van der Waals surface area contributed by atoms with Gasteiger partial charge in [-0.1, -0.05) is 30.3 Å². The second-order valence-corrected chi connectivity index (χ2v) is 4.72. The molecular weight excluding hydrogens is 248 g/mol. The standard InChI is InChI=1S/C13H14N2O2S/c1-18-11-9-12(16)15(13(17)14-11)8-7-10-5-3-2-4-6-10/h2-6,9H,7-8H2,1H3,(H,14,17). The Bertz CT molecular complexity index is 600. The van der Waals surface area contributed by atoms with E-state index >= 15 is 0 Å². The largest absolute Gasteiger partial charge is 0.329 e. The Morgan fingerprint density at radius 2 is 1.94 bits per heavy atom. The van der Waals surface area contributed by atoms with Crippen molar-refractivity contribution in [3.8, 4) is 0 Å². The molecule has 2 rings (SSSR count). The molecule has 0 aliphatic heterocycles. The fourth-order valence-electron chi connectivity index (χ4n) is 1.71. The quantitative estimate of drug-likeness (QED) is 0.671. The van der Waals surface area contributed by atoms with Crippen LogP contribution in [0.15, 0.2) is 51.0 Å². The molecule has 94 valence electrons. The second kappa shape index (κ2) is 5.73. The Morgan fingerprint density at radius 3 is 2.56 bits per heavy atom. The molecule has 0 atom stereocenters. The first-order valence-electron chi connectivity index (χ1n) is 5.63. The number of thioether (sulfide) groups is 1. The fraction of sp³-hybridized carbons (Fsp3) is 0.231. The molecule has 0 saturated carbocycles. The minimum absolute atomic E-state index is 0.251. The van der Waals surface area contributed by atoms with Crippen molar-refractivity contribution in [2.45, 2.75) is 18.0 Å². The fourth-order valence-corrected chi connectivity index (χ4v) is 2.11. The van der Waals surface area contributed by atoms with E-state index in [0.29, 0.717) is 18.0 Å². The molecule has 1 aromatic carbocycles. The molecule has 4 nitrogen and oxygen atoms in total. The minimum atomic E-state index is -0.345. The molecule has 0 amide bonds. The number of nitrogens with zero attached hydrogens (tertiary/aromatic N) is 1. The van der Waals surface area contributed by atoms with Crippen LogP contribution in [0.5, 0.6) is 0 Å².